The average Bonchev–Trinajstić information content (AvgIpc) is 2.88. The summed E-state index contributed by atoms with van der Waals surface area (Å²) in [4.78, 5) is 2.61. The van der Waals surface area contributed by atoms with Crippen LogP contribution in [0.2, 0.25) is 0 Å². The molecule has 2 heterocycles. The molecule has 1 fully saturated rings. The van der Waals surface area contributed by atoms with Gasteiger partial charge in [0.2, 0.25) is 0 Å². The first kappa shape index (κ1) is 15.2. The monoisotopic (exact) mass is 321 g/mol. The Morgan fingerprint density at radius 1 is 1.41 bits per heavy atom. The van der Waals surface area contributed by atoms with E-state index in [2.05, 4.69) is 16.9 Å². The summed E-state index contributed by atoms with van der Waals surface area (Å²) in [6.07, 6.45) is 0.225. The zero-order valence-electron chi connectivity index (χ0n) is 12.7. The second kappa shape index (κ2) is 6.60. The van der Waals surface area contributed by atoms with Crippen LogP contribution in [0.1, 0.15) is 6.92 Å². The van der Waals surface area contributed by atoms with Crippen molar-refractivity contribution in [2.75, 3.05) is 26.8 Å². The third-order valence-corrected chi connectivity index (χ3v) is 3.90. The van der Waals surface area contributed by atoms with Crippen molar-refractivity contribution in [2.45, 2.75) is 19.7 Å². The van der Waals surface area contributed by atoms with Gasteiger partial charge in [0, 0.05) is 13.1 Å². The van der Waals surface area contributed by atoms with E-state index in [9.17, 15) is 0 Å². The molecule has 1 aliphatic rings. The topological polar surface area (TPSA) is 52.7 Å². The van der Waals surface area contributed by atoms with E-state index < -0.39 is 0 Å². The Morgan fingerprint density at radius 2 is 2.23 bits per heavy atom. The SMILES string of the molecule is COc1ccccc1-c1nn(CN2CCOC(C)C2)c(=S)o1. The largest absolute Gasteiger partial charge is 0.496 e. The molecule has 0 N–H and O–H groups in total. The molecule has 2 aromatic rings. The van der Waals surface area contributed by atoms with Crippen LogP contribution in [-0.2, 0) is 11.4 Å². The van der Waals surface area contributed by atoms with Crippen molar-refractivity contribution in [3.8, 4) is 17.2 Å². The van der Waals surface area contributed by atoms with Crippen LogP contribution in [-0.4, -0.2) is 47.6 Å². The van der Waals surface area contributed by atoms with Crippen LogP contribution < -0.4 is 4.74 Å². The molecule has 1 aromatic heterocycles. The maximum atomic E-state index is 5.64. The molecular formula is C15H19N3O3S. The van der Waals surface area contributed by atoms with Crippen LogP contribution in [0.4, 0.5) is 0 Å². The summed E-state index contributed by atoms with van der Waals surface area (Å²) in [6.45, 7) is 5.12. The number of ether oxygens (including phenoxy) is 2. The maximum absolute atomic E-state index is 5.64. The summed E-state index contributed by atoms with van der Waals surface area (Å²) in [5, 5.41) is 4.49. The fourth-order valence-electron chi connectivity index (χ4n) is 2.53. The minimum atomic E-state index is 0.225. The number of aromatic nitrogens is 2. The van der Waals surface area contributed by atoms with Crippen LogP contribution >= 0.6 is 12.2 Å². The highest BCUT2D eigenvalue weighted by Gasteiger charge is 2.19. The average molecular weight is 321 g/mol. The predicted molar refractivity (Wildman–Crippen MR) is 84.3 cm³/mol. The standard InChI is InChI=1S/C15H19N3O3S/c1-11-9-17(7-8-20-11)10-18-15(22)21-14(16-18)12-5-3-4-6-13(12)19-2/h3-6,11H,7-10H2,1-2H3. The zero-order chi connectivity index (χ0) is 15.5. The van der Waals surface area contributed by atoms with Crippen molar-refractivity contribution in [3.63, 3.8) is 0 Å². The lowest BCUT2D eigenvalue weighted by atomic mass is 10.2. The predicted octanol–water partition coefficient (Wildman–Crippen LogP) is 2.56. The van der Waals surface area contributed by atoms with Gasteiger partial charge in [0.05, 0.1) is 32.1 Å². The van der Waals surface area contributed by atoms with Crippen molar-refractivity contribution in [3.05, 3.63) is 29.1 Å². The van der Waals surface area contributed by atoms with Crippen LogP contribution in [0.3, 0.4) is 0 Å². The minimum absolute atomic E-state index is 0.225. The number of methoxy groups -OCH3 is 1. The van der Waals surface area contributed by atoms with Gasteiger partial charge in [-0.25, -0.2) is 4.68 Å². The number of benzene rings is 1. The molecule has 1 saturated heterocycles. The molecule has 22 heavy (non-hydrogen) atoms. The van der Waals surface area contributed by atoms with E-state index in [-0.39, 0.29) is 6.10 Å². The summed E-state index contributed by atoms with van der Waals surface area (Å²) in [5.74, 6) is 1.19. The fraction of sp³-hybridized carbons (Fsp3) is 0.467. The van der Waals surface area contributed by atoms with Crippen molar-refractivity contribution >= 4 is 12.2 Å². The van der Waals surface area contributed by atoms with E-state index in [1.54, 1.807) is 11.8 Å². The number of para-hydroxylation sites is 1. The van der Waals surface area contributed by atoms with Crippen LogP contribution in [0.5, 0.6) is 5.75 Å². The summed E-state index contributed by atoms with van der Waals surface area (Å²) < 4.78 is 18.2. The van der Waals surface area contributed by atoms with Crippen molar-refractivity contribution in [1.29, 1.82) is 0 Å². The molecule has 1 aromatic carbocycles. The Hall–Kier alpha value is -1.70. The molecule has 118 valence electrons. The van der Waals surface area contributed by atoms with Crippen LogP contribution in [0, 0.1) is 4.84 Å². The van der Waals surface area contributed by atoms with Crippen LogP contribution in [0.25, 0.3) is 11.5 Å². The highest BCUT2D eigenvalue weighted by atomic mass is 32.1. The second-order valence-corrected chi connectivity index (χ2v) is 5.62. The van der Waals surface area contributed by atoms with Gasteiger partial charge in [-0.05, 0) is 31.3 Å². The van der Waals surface area contributed by atoms with Gasteiger partial charge in [0.15, 0.2) is 0 Å². The van der Waals surface area contributed by atoms with Gasteiger partial charge in [-0.2, -0.15) is 0 Å². The molecule has 6 nitrogen and oxygen atoms in total. The lowest BCUT2D eigenvalue weighted by Gasteiger charge is -2.30. The van der Waals surface area contributed by atoms with E-state index in [1.165, 1.54) is 0 Å². The Labute approximate surface area is 134 Å². The number of hydrogen-bond acceptors (Lipinski definition) is 6. The molecule has 0 spiro atoms. The Balaban J connectivity index is 1.83. The van der Waals surface area contributed by atoms with Gasteiger partial charge in [-0.3, -0.25) is 4.90 Å². The molecular weight excluding hydrogens is 302 g/mol. The maximum Gasteiger partial charge on any atom is 0.288 e. The summed E-state index contributed by atoms with van der Waals surface area (Å²) >= 11 is 5.29. The molecule has 1 aliphatic heterocycles. The third-order valence-electron chi connectivity index (χ3n) is 3.60. The normalized spacial score (nSPS) is 19.3. The zero-order valence-corrected chi connectivity index (χ0v) is 13.5. The first-order valence-electron chi connectivity index (χ1n) is 7.22. The molecule has 3 rings (SSSR count). The number of nitrogens with zero attached hydrogens (tertiary/aromatic N) is 3. The number of rotatable bonds is 4. The highest BCUT2D eigenvalue weighted by molar-refractivity contribution is 7.71. The Morgan fingerprint density at radius 3 is 3.00 bits per heavy atom. The number of morpholine rings is 1. The molecule has 0 bridgehead atoms. The van der Waals surface area contributed by atoms with E-state index in [0.717, 1.165) is 25.3 Å². The molecule has 7 heteroatoms. The molecule has 0 radical (unpaired) electrons. The summed E-state index contributed by atoms with van der Waals surface area (Å²) in [5.41, 5.74) is 0.796. The molecule has 0 saturated carbocycles. The lowest BCUT2D eigenvalue weighted by molar-refractivity contribution is -0.0309. The van der Waals surface area contributed by atoms with Crippen molar-refractivity contribution < 1.29 is 13.9 Å². The van der Waals surface area contributed by atoms with E-state index >= 15 is 0 Å². The lowest BCUT2D eigenvalue weighted by Crippen LogP contribution is -2.42. The first-order chi connectivity index (χ1) is 10.7. The smallest absolute Gasteiger partial charge is 0.288 e. The van der Waals surface area contributed by atoms with Crippen LogP contribution in [0.15, 0.2) is 28.7 Å². The fourth-order valence-corrected chi connectivity index (χ4v) is 2.71. The van der Waals surface area contributed by atoms with Gasteiger partial charge in [0.25, 0.3) is 10.7 Å². The van der Waals surface area contributed by atoms with Gasteiger partial charge in [0.1, 0.15) is 5.75 Å². The van der Waals surface area contributed by atoms with Crippen molar-refractivity contribution in [2.24, 2.45) is 0 Å². The molecule has 0 aliphatic carbocycles. The van der Waals surface area contributed by atoms with Gasteiger partial charge in [-0.15, -0.1) is 5.10 Å². The van der Waals surface area contributed by atoms with E-state index in [4.69, 9.17) is 26.1 Å². The first-order valence-corrected chi connectivity index (χ1v) is 7.63. The quantitative estimate of drug-likeness (QED) is 0.807. The van der Waals surface area contributed by atoms with Crippen molar-refractivity contribution in [1.82, 2.24) is 14.7 Å². The Kier molecular flexibility index (Phi) is 4.56. The summed E-state index contributed by atoms with van der Waals surface area (Å²) in [7, 11) is 1.62. The van der Waals surface area contributed by atoms with E-state index in [1.807, 2.05) is 24.3 Å². The molecule has 0 amide bonds. The third kappa shape index (κ3) is 3.21. The summed E-state index contributed by atoms with van der Waals surface area (Å²) in [6, 6.07) is 7.60. The van der Waals surface area contributed by atoms with Gasteiger partial charge in [-0.1, -0.05) is 12.1 Å². The van der Waals surface area contributed by atoms with E-state index in [0.29, 0.717) is 23.1 Å². The highest BCUT2D eigenvalue weighted by Crippen LogP contribution is 2.28. The molecule has 1 unspecified atom stereocenters. The van der Waals surface area contributed by atoms with Gasteiger partial charge >= 0.3 is 0 Å². The number of hydrogen-bond donors (Lipinski definition) is 0. The Bertz CT molecular complexity index is 697. The van der Waals surface area contributed by atoms with Gasteiger partial charge < -0.3 is 13.9 Å². The molecule has 1 atom stereocenters. The second-order valence-electron chi connectivity index (χ2n) is 5.27. The minimum Gasteiger partial charge on any atom is -0.496 e.